The Balaban J connectivity index is 2.52. The molecular formula is C16H23N3O2. The zero-order valence-corrected chi connectivity index (χ0v) is 13.1. The van der Waals surface area contributed by atoms with Gasteiger partial charge in [-0.25, -0.2) is 4.98 Å². The van der Waals surface area contributed by atoms with Gasteiger partial charge in [-0.15, -0.1) is 0 Å². The van der Waals surface area contributed by atoms with Crippen LogP contribution >= 0.6 is 0 Å². The maximum Gasteiger partial charge on any atom is 0.170 e. The lowest BCUT2D eigenvalue weighted by Gasteiger charge is -2.12. The molecule has 0 aliphatic heterocycles. The minimum Gasteiger partial charge on any atom is -0.493 e. The van der Waals surface area contributed by atoms with E-state index in [1.54, 1.807) is 14.2 Å². The predicted octanol–water partition coefficient (Wildman–Crippen LogP) is 3.26. The molecule has 1 aromatic heterocycles. The van der Waals surface area contributed by atoms with Gasteiger partial charge in [0.15, 0.2) is 11.5 Å². The smallest absolute Gasteiger partial charge is 0.170 e. The highest BCUT2D eigenvalue weighted by atomic mass is 16.5. The van der Waals surface area contributed by atoms with Crippen LogP contribution in [0, 0.1) is 6.92 Å². The largest absolute Gasteiger partial charge is 0.493 e. The molecule has 0 aliphatic rings. The molecule has 1 heterocycles. The molecule has 1 aromatic carbocycles. The number of para-hydroxylation sites is 1. The van der Waals surface area contributed by atoms with Gasteiger partial charge in [0.1, 0.15) is 17.3 Å². The van der Waals surface area contributed by atoms with Crippen LogP contribution in [0.4, 0.5) is 5.82 Å². The number of imidazole rings is 1. The van der Waals surface area contributed by atoms with Gasteiger partial charge in [-0.2, -0.15) is 0 Å². The van der Waals surface area contributed by atoms with E-state index in [0.717, 1.165) is 36.5 Å². The molecule has 2 N–H and O–H groups in total. The van der Waals surface area contributed by atoms with Crippen molar-refractivity contribution in [3.05, 3.63) is 24.0 Å². The molecule has 5 nitrogen and oxygen atoms in total. The topological polar surface area (TPSA) is 62.3 Å². The van der Waals surface area contributed by atoms with E-state index in [9.17, 15) is 0 Å². The molecule has 5 heteroatoms. The lowest BCUT2D eigenvalue weighted by molar-refractivity contribution is 0.356. The third-order valence-corrected chi connectivity index (χ3v) is 3.59. The Labute approximate surface area is 125 Å². The van der Waals surface area contributed by atoms with Crippen molar-refractivity contribution in [2.45, 2.75) is 33.2 Å². The summed E-state index contributed by atoms with van der Waals surface area (Å²) in [5.41, 5.74) is 7.90. The highest BCUT2D eigenvalue weighted by Crippen LogP contribution is 2.39. The van der Waals surface area contributed by atoms with E-state index in [1.165, 1.54) is 0 Å². The van der Waals surface area contributed by atoms with Crippen molar-refractivity contribution in [2.24, 2.45) is 0 Å². The van der Waals surface area contributed by atoms with Crippen LogP contribution in [-0.4, -0.2) is 23.8 Å². The third-order valence-electron chi connectivity index (χ3n) is 3.59. The summed E-state index contributed by atoms with van der Waals surface area (Å²) in [6.45, 7) is 5.02. The normalized spacial score (nSPS) is 10.7. The van der Waals surface area contributed by atoms with E-state index in [-0.39, 0.29) is 0 Å². The van der Waals surface area contributed by atoms with Gasteiger partial charge in [0.2, 0.25) is 0 Å². The minimum absolute atomic E-state index is 0.659. The Morgan fingerprint density at radius 3 is 2.62 bits per heavy atom. The number of nitrogens with two attached hydrogens (primary N) is 1. The molecule has 0 unspecified atom stereocenters. The van der Waals surface area contributed by atoms with Crippen molar-refractivity contribution in [2.75, 3.05) is 20.0 Å². The van der Waals surface area contributed by atoms with Crippen molar-refractivity contribution < 1.29 is 9.47 Å². The van der Waals surface area contributed by atoms with E-state index in [0.29, 0.717) is 17.3 Å². The molecule has 0 radical (unpaired) electrons. The average Bonchev–Trinajstić information content (AvgIpc) is 2.78. The zero-order valence-electron chi connectivity index (χ0n) is 13.1. The number of hydrogen-bond donors (Lipinski definition) is 1. The van der Waals surface area contributed by atoms with E-state index in [2.05, 4.69) is 16.5 Å². The molecule has 0 bridgehead atoms. The quantitative estimate of drug-likeness (QED) is 0.886. The maximum absolute atomic E-state index is 6.30. The van der Waals surface area contributed by atoms with Gasteiger partial charge in [-0.1, -0.05) is 19.4 Å². The maximum atomic E-state index is 6.30. The molecule has 0 saturated carbocycles. The van der Waals surface area contributed by atoms with Gasteiger partial charge in [0.25, 0.3) is 0 Å². The van der Waals surface area contributed by atoms with Gasteiger partial charge in [0.05, 0.1) is 14.2 Å². The highest BCUT2D eigenvalue weighted by Gasteiger charge is 2.19. The lowest BCUT2D eigenvalue weighted by atomic mass is 10.1. The van der Waals surface area contributed by atoms with Crippen LogP contribution in [0.15, 0.2) is 18.2 Å². The monoisotopic (exact) mass is 289 g/mol. The second-order valence-electron chi connectivity index (χ2n) is 4.94. The van der Waals surface area contributed by atoms with Crippen molar-refractivity contribution in [1.82, 2.24) is 9.55 Å². The molecule has 0 amide bonds. The molecule has 2 aromatic rings. The molecular weight excluding hydrogens is 266 g/mol. The number of unbranched alkanes of at least 4 members (excludes halogenated alkanes) is 1. The molecule has 2 rings (SSSR count). The molecule has 0 spiro atoms. The second kappa shape index (κ2) is 6.52. The summed E-state index contributed by atoms with van der Waals surface area (Å²) < 4.78 is 12.9. The van der Waals surface area contributed by atoms with E-state index in [1.807, 2.05) is 25.1 Å². The summed E-state index contributed by atoms with van der Waals surface area (Å²) in [4.78, 5) is 4.62. The Hall–Kier alpha value is -2.17. The van der Waals surface area contributed by atoms with Crippen LogP contribution in [0.25, 0.3) is 11.3 Å². The van der Waals surface area contributed by atoms with Crippen molar-refractivity contribution >= 4 is 5.82 Å². The minimum atomic E-state index is 0.659. The van der Waals surface area contributed by atoms with E-state index >= 15 is 0 Å². The fourth-order valence-corrected chi connectivity index (χ4v) is 2.45. The molecule has 0 aliphatic carbocycles. The number of anilines is 1. The number of nitrogen functional groups attached to an aromatic ring is 1. The first-order valence-electron chi connectivity index (χ1n) is 7.18. The SMILES string of the molecule is CCCCn1c(C)nc(-c2cccc(OC)c2OC)c1N. The first kappa shape index (κ1) is 15.2. The number of methoxy groups -OCH3 is 2. The van der Waals surface area contributed by atoms with Crippen molar-refractivity contribution in [3.8, 4) is 22.8 Å². The number of ether oxygens (including phenoxy) is 2. The third kappa shape index (κ3) is 2.82. The first-order chi connectivity index (χ1) is 10.1. The van der Waals surface area contributed by atoms with E-state index in [4.69, 9.17) is 15.2 Å². The molecule has 0 atom stereocenters. The van der Waals surface area contributed by atoms with Crippen molar-refractivity contribution in [1.29, 1.82) is 0 Å². The van der Waals surface area contributed by atoms with Crippen LogP contribution in [0.5, 0.6) is 11.5 Å². The fourth-order valence-electron chi connectivity index (χ4n) is 2.45. The standard InChI is InChI=1S/C16H23N3O2/c1-5-6-10-19-11(2)18-14(16(19)17)12-8-7-9-13(20-3)15(12)21-4/h7-9H,5-6,10,17H2,1-4H3. The summed E-state index contributed by atoms with van der Waals surface area (Å²) in [5.74, 6) is 2.93. The highest BCUT2D eigenvalue weighted by molar-refractivity contribution is 5.78. The predicted molar refractivity (Wildman–Crippen MR) is 84.8 cm³/mol. The molecule has 21 heavy (non-hydrogen) atoms. The summed E-state index contributed by atoms with van der Waals surface area (Å²) in [6.07, 6.45) is 2.20. The average molecular weight is 289 g/mol. The number of hydrogen-bond acceptors (Lipinski definition) is 4. The van der Waals surface area contributed by atoms with Gasteiger partial charge in [0, 0.05) is 12.1 Å². The van der Waals surface area contributed by atoms with Gasteiger partial charge >= 0.3 is 0 Å². The summed E-state index contributed by atoms with van der Waals surface area (Å²) in [7, 11) is 3.24. The van der Waals surface area contributed by atoms with Gasteiger partial charge < -0.3 is 19.8 Å². The molecule has 0 fully saturated rings. The van der Waals surface area contributed by atoms with Crippen LogP contribution in [0.1, 0.15) is 25.6 Å². The first-order valence-corrected chi connectivity index (χ1v) is 7.18. The van der Waals surface area contributed by atoms with Crippen molar-refractivity contribution in [3.63, 3.8) is 0 Å². The second-order valence-corrected chi connectivity index (χ2v) is 4.94. The van der Waals surface area contributed by atoms with Gasteiger partial charge in [-0.3, -0.25) is 0 Å². The van der Waals surface area contributed by atoms with Gasteiger partial charge in [-0.05, 0) is 25.5 Å². The number of aryl methyl sites for hydroxylation is 1. The number of nitrogens with zero attached hydrogens (tertiary/aromatic N) is 2. The van der Waals surface area contributed by atoms with Crippen LogP contribution < -0.4 is 15.2 Å². The summed E-state index contributed by atoms with van der Waals surface area (Å²) in [6, 6.07) is 5.72. The number of rotatable bonds is 6. The summed E-state index contributed by atoms with van der Waals surface area (Å²) >= 11 is 0. The Kier molecular flexibility index (Phi) is 4.73. The fraction of sp³-hybridized carbons (Fsp3) is 0.438. The zero-order chi connectivity index (χ0) is 15.4. The number of benzene rings is 1. The lowest BCUT2D eigenvalue weighted by Crippen LogP contribution is -2.05. The Morgan fingerprint density at radius 2 is 2.00 bits per heavy atom. The van der Waals surface area contributed by atoms with Crippen LogP contribution in [0.3, 0.4) is 0 Å². The molecule has 0 saturated heterocycles. The van der Waals surface area contributed by atoms with Crippen LogP contribution in [-0.2, 0) is 6.54 Å². The van der Waals surface area contributed by atoms with Crippen LogP contribution in [0.2, 0.25) is 0 Å². The Morgan fingerprint density at radius 1 is 1.24 bits per heavy atom. The Bertz CT molecular complexity index is 620. The molecule has 114 valence electrons. The summed E-state index contributed by atoms with van der Waals surface area (Å²) in [5, 5.41) is 0. The number of aromatic nitrogens is 2. The van der Waals surface area contributed by atoms with E-state index < -0.39 is 0 Å².